The van der Waals surface area contributed by atoms with Gasteiger partial charge in [-0.25, -0.2) is 4.39 Å². The first-order valence-electron chi connectivity index (χ1n) is 11.7. The Balaban J connectivity index is 1.35. The predicted octanol–water partition coefficient (Wildman–Crippen LogP) is 4.41. The van der Waals surface area contributed by atoms with Gasteiger partial charge in [0.1, 0.15) is 17.7 Å². The Bertz CT molecular complexity index is 1090. The number of aliphatic hydroxyl groups excluding tert-OH is 1. The van der Waals surface area contributed by atoms with Gasteiger partial charge in [0.15, 0.2) is 0 Å². The third kappa shape index (κ3) is 7.62. The molecule has 0 radical (unpaired) electrons. The van der Waals surface area contributed by atoms with Crippen molar-refractivity contribution < 1.29 is 23.8 Å². The van der Waals surface area contributed by atoms with Crippen LogP contribution in [0.2, 0.25) is 0 Å². The van der Waals surface area contributed by atoms with E-state index in [0.717, 1.165) is 28.2 Å². The molecule has 0 saturated heterocycles. The number of hydrogen-bond acceptors (Lipinski definition) is 6. The molecule has 0 fully saturated rings. The molecule has 1 heterocycles. The Morgan fingerprint density at radius 2 is 1.83 bits per heavy atom. The van der Waals surface area contributed by atoms with Crippen molar-refractivity contribution in [2.45, 2.75) is 31.8 Å². The smallest absolute Gasteiger partial charge is 0.145 e. The molecule has 3 aromatic carbocycles. The number of oxime groups is 1. The molecule has 1 aliphatic rings. The van der Waals surface area contributed by atoms with E-state index in [0.29, 0.717) is 32.7 Å². The van der Waals surface area contributed by atoms with Crippen molar-refractivity contribution in [3.63, 3.8) is 0 Å². The Hall–Kier alpha value is -3.26. The Morgan fingerprint density at radius 1 is 1.06 bits per heavy atom. The molecule has 0 unspecified atom stereocenters. The maximum Gasteiger partial charge on any atom is 0.145 e. The monoisotopic (exact) mass is 478 g/mol. The standard InChI is InChI=1S/C28H31FN2O4/c1-33-26-9-5-8-22(14-26)16-31(17-25(32)20-34-19-21-6-3-2-4-7-21)18-27-15-28(30-35-27)23-10-12-24(29)13-11-23/h2-14,25,27,32H,15-20H2,1H3/t25-,27-/m0/s1. The lowest BCUT2D eigenvalue weighted by molar-refractivity contribution is -0.00649. The number of hydrogen-bond donors (Lipinski definition) is 1. The minimum absolute atomic E-state index is 0.168. The van der Waals surface area contributed by atoms with E-state index < -0.39 is 6.10 Å². The maximum absolute atomic E-state index is 13.3. The molecule has 4 rings (SSSR count). The van der Waals surface area contributed by atoms with Crippen molar-refractivity contribution in [1.82, 2.24) is 4.90 Å². The third-order valence-electron chi connectivity index (χ3n) is 5.80. The summed E-state index contributed by atoms with van der Waals surface area (Å²) in [6.07, 6.45) is -0.220. The lowest BCUT2D eigenvalue weighted by Crippen LogP contribution is -2.39. The van der Waals surface area contributed by atoms with Gasteiger partial charge in [0.25, 0.3) is 0 Å². The van der Waals surface area contributed by atoms with E-state index in [1.807, 2.05) is 54.6 Å². The SMILES string of the molecule is COc1cccc(CN(C[C@H](O)COCc2ccccc2)C[C@@H]2CC(c3ccc(F)cc3)=NO2)c1. The van der Waals surface area contributed by atoms with E-state index in [1.54, 1.807) is 19.2 Å². The van der Waals surface area contributed by atoms with E-state index in [9.17, 15) is 9.50 Å². The molecule has 1 N–H and O–H groups in total. The van der Waals surface area contributed by atoms with Crippen molar-refractivity contribution in [3.05, 3.63) is 101 Å². The van der Waals surface area contributed by atoms with Gasteiger partial charge in [0, 0.05) is 26.1 Å². The van der Waals surface area contributed by atoms with Gasteiger partial charge in [-0.05, 0) is 41.0 Å². The normalized spacial score (nSPS) is 16.1. The number of rotatable bonds is 12. The molecule has 0 saturated carbocycles. The summed E-state index contributed by atoms with van der Waals surface area (Å²) in [5.41, 5.74) is 3.78. The zero-order chi connectivity index (χ0) is 24.5. The quantitative estimate of drug-likeness (QED) is 0.418. The minimum atomic E-state index is -0.664. The van der Waals surface area contributed by atoms with Crippen LogP contribution in [0.15, 0.2) is 84.0 Å². The lowest BCUT2D eigenvalue weighted by atomic mass is 10.0. The molecule has 0 bridgehead atoms. The molecule has 0 amide bonds. The summed E-state index contributed by atoms with van der Waals surface area (Å²) < 4.78 is 24.4. The van der Waals surface area contributed by atoms with Gasteiger partial charge in [-0.2, -0.15) is 0 Å². The van der Waals surface area contributed by atoms with Crippen LogP contribution in [0.1, 0.15) is 23.1 Å². The molecule has 184 valence electrons. The first-order chi connectivity index (χ1) is 17.1. The van der Waals surface area contributed by atoms with Crippen molar-refractivity contribution in [2.75, 3.05) is 26.8 Å². The topological polar surface area (TPSA) is 63.5 Å². The largest absolute Gasteiger partial charge is 0.497 e. The molecular weight excluding hydrogens is 447 g/mol. The highest BCUT2D eigenvalue weighted by Gasteiger charge is 2.26. The highest BCUT2D eigenvalue weighted by atomic mass is 19.1. The summed E-state index contributed by atoms with van der Waals surface area (Å²) in [5.74, 6) is 0.506. The van der Waals surface area contributed by atoms with Crippen LogP contribution in [0.4, 0.5) is 4.39 Å². The summed E-state index contributed by atoms with van der Waals surface area (Å²) >= 11 is 0. The summed E-state index contributed by atoms with van der Waals surface area (Å²) in [6, 6.07) is 24.0. The molecule has 3 aromatic rings. The number of ether oxygens (including phenoxy) is 2. The van der Waals surface area contributed by atoms with Crippen molar-refractivity contribution in [2.24, 2.45) is 5.16 Å². The second kappa shape index (κ2) is 12.4. The van der Waals surface area contributed by atoms with Gasteiger partial charge in [-0.3, -0.25) is 4.90 Å². The highest BCUT2D eigenvalue weighted by Crippen LogP contribution is 2.20. The van der Waals surface area contributed by atoms with Crippen LogP contribution in [0.5, 0.6) is 5.75 Å². The molecule has 0 aliphatic carbocycles. The zero-order valence-electron chi connectivity index (χ0n) is 19.8. The van der Waals surface area contributed by atoms with Crippen molar-refractivity contribution in [1.29, 1.82) is 0 Å². The van der Waals surface area contributed by atoms with Crippen molar-refractivity contribution >= 4 is 5.71 Å². The molecule has 7 heteroatoms. The number of aliphatic hydroxyl groups is 1. The van der Waals surface area contributed by atoms with Gasteiger partial charge in [-0.1, -0.05) is 59.8 Å². The van der Waals surface area contributed by atoms with E-state index in [-0.39, 0.29) is 18.5 Å². The van der Waals surface area contributed by atoms with Crippen LogP contribution in [0.25, 0.3) is 0 Å². The van der Waals surface area contributed by atoms with Gasteiger partial charge in [-0.15, -0.1) is 0 Å². The number of methoxy groups -OCH3 is 1. The van der Waals surface area contributed by atoms with Crippen LogP contribution in [-0.4, -0.2) is 54.7 Å². The Labute approximate surface area is 205 Å². The fourth-order valence-electron chi connectivity index (χ4n) is 4.10. The number of halogens is 1. The second-order valence-corrected chi connectivity index (χ2v) is 8.68. The summed E-state index contributed by atoms with van der Waals surface area (Å²) in [6.45, 7) is 2.28. The van der Waals surface area contributed by atoms with Crippen LogP contribution in [0.3, 0.4) is 0 Å². The molecule has 6 nitrogen and oxygen atoms in total. The zero-order valence-corrected chi connectivity index (χ0v) is 19.8. The minimum Gasteiger partial charge on any atom is -0.497 e. The highest BCUT2D eigenvalue weighted by molar-refractivity contribution is 6.01. The van der Waals surface area contributed by atoms with Gasteiger partial charge in [0.2, 0.25) is 0 Å². The fraction of sp³-hybridized carbons (Fsp3) is 0.321. The van der Waals surface area contributed by atoms with Crippen LogP contribution < -0.4 is 4.74 Å². The average molecular weight is 479 g/mol. The number of benzene rings is 3. The lowest BCUT2D eigenvalue weighted by Gasteiger charge is -2.27. The van der Waals surface area contributed by atoms with E-state index >= 15 is 0 Å². The molecule has 1 aliphatic heterocycles. The Morgan fingerprint density at radius 3 is 2.60 bits per heavy atom. The number of nitrogens with zero attached hydrogens (tertiary/aromatic N) is 2. The summed E-state index contributed by atoms with van der Waals surface area (Å²) in [7, 11) is 1.64. The third-order valence-corrected chi connectivity index (χ3v) is 5.80. The molecule has 0 spiro atoms. The maximum atomic E-state index is 13.3. The van der Waals surface area contributed by atoms with E-state index in [4.69, 9.17) is 14.3 Å². The Kier molecular flexibility index (Phi) is 8.84. The molecule has 0 aromatic heterocycles. The van der Waals surface area contributed by atoms with E-state index in [1.165, 1.54) is 12.1 Å². The average Bonchev–Trinajstić information content (AvgIpc) is 3.33. The molecule has 2 atom stereocenters. The van der Waals surface area contributed by atoms with Gasteiger partial charge in [0.05, 0.1) is 32.1 Å². The molecular formula is C28H31FN2O4. The van der Waals surface area contributed by atoms with Crippen LogP contribution in [0, 0.1) is 5.82 Å². The summed E-state index contributed by atoms with van der Waals surface area (Å²) in [5, 5.41) is 14.9. The van der Waals surface area contributed by atoms with Gasteiger partial charge < -0.3 is 19.4 Å². The van der Waals surface area contributed by atoms with Crippen LogP contribution >= 0.6 is 0 Å². The predicted molar refractivity (Wildman–Crippen MR) is 133 cm³/mol. The van der Waals surface area contributed by atoms with Crippen molar-refractivity contribution in [3.8, 4) is 5.75 Å². The van der Waals surface area contributed by atoms with E-state index in [2.05, 4.69) is 10.1 Å². The fourth-order valence-corrected chi connectivity index (χ4v) is 4.10. The summed E-state index contributed by atoms with van der Waals surface area (Å²) in [4.78, 5) is 7.84. The second-order valence-electron chi connectivity index (χ2n) is 8.68. The van der Waals surface area contributed by atoms with Crippen LogP contribution in [-0.2, 0) is 22.7 Å². The van der Waals surface area contributed by atoms with Gasteiger partial charge >= 0.3 is 0 Å². The first-order valence-corrected chi connectivity index (χ1v) is 11.7. The first kappa shape index (κ1) is 24.9. The molecule has 35 heavy (non-hydrogen) atoms.